The number of aliphatic carboxylic acids is 1. The van der Waals surface area contributed by atoms with Gasteiger partial charge in [-0.1, -0.05) is 0 Å². The third-order valence-corrected chi connectivity index (χ3v) is 4.44. The molecule has 2 heterocycles. The fraction of sp³-hybridized carbons (Fsp3) is 0.529. The summed E-state index contributed by atoms with van der Waals surface area (Å²) in [6.07, 6.45) is 3.68. The number of amides is 1. The number of likely N-dealkylation sites (tertiary alicyclic amines) is 1. The van der Waals surface area contributed by atoms with Crippen LogP contribution >= 0.6 is 0 Å². The fourth-order valence-corrected chi connectivity index (χ4v) is 3.40. The van der Waals surface area contributed by atoms with Crippen molar-refractivity contribution >= 4 is 11.9 Å². The molecule has 2 aliphatic heterocycles. The molecule has 2 aliphatic rings. The maximum absolute atomic E-state index is 12.8. The van der Waals surface area contributed by atoms with Crippen LogP contribution in [-0.2, 0) is 11.2 Å². The third kappa shape index (κ3) is 2.93. The maximum Gasteiger partial charge on any atom is 0.305 e. The first kappa shape index (κ1) is 14.9. The zero-order valence-electron chi connectivity index (χ0n) is 12.7. The van der Waals surface area contributed by atoms with Crippen LogP contribution in [0.3, 0.4) is 0 Å². The Bertz CT molecular complexity index is 598. The summed E-state index contributed by atoms with van der Waals surface area (Å²) in [6.45, 7) is 2.65. The molecule has 118 valence electrons. The van der Waals surface area contributed by atoms with Gasteiger partial charge in [-0.25, -0.2) is 0 Å². The second-order valence-corrected chi connectivity index (χ2v) is 6.20. The molecule has 0 bridgehead atoms. The summed E-state index contributed by atoms with van der Waals surface area (Å²) in [6, 6.07) is 5.34. The number of carbonyl (C=O) groups excluding carboxylic acids is 1. The van der Waals surface area contributed by atoms with Crippen molar-refractivity contribution in [2.24, 2.45) is 0 Å². The summed E-state index contributed by atoms with van der Waals surface area (Å²) in [5, 5.41) is 9.04. The van der Waals surface area contributed by atoms with Crippen molar-refractivity contribution in [2.75, 3.05) is 6.54 Å². The summed E-state index contributed by atoms with van der Waals surface area (Å²) in [5.74, 6) is -0.0565. The van der Waals surface area contributed by atoms with Crippen molar-refractivity contribution in [3.05, 3.63) is 29.3 Å². The van der Waals surface area contributed by atoms with E-state index >= 15 is 0 Å². The molecular formula is C17H21NO4. The predicted molar refractivity (Wildman–Crippen MR) is 81.2 cm³/mol. The lowest BCUT2D eigenvalue weighted by Crippen LogP contribution is -2.44. The molecule has 1 saturated heterocycles. The van der Waals surface area contributed by atoms with E-state index in [0.29, 0.717) is 12.1 Å². The molecule has 0 aliphatic carbocycles. The van der Waals surface area contributed by atoms with Crippen LogP contribution in [0, 0.1) is 0 Å². The van der Waals surface area contributed by atoms with E-state index in [9.17, 15) is 9.59 Å². The largest absolute Gasteiger partial charge is 0.490 e. The minimum atomic E-state index is -0.846. The summed E-state index contributed by atoms with van der Waals surface area (Å²) in [5.41, 5.74) is 1.69. The lowest BCUT2D eigenvalue weighted by molar-refractivity contribution is -0.138. The zero-order chi connectivity index (χ0) is 15.7. The van der Waals surface area contributed by atoms with E-state index in [1.54, 1.807) is 11.0 Å². The Kier molecular flexibility index (Phi) is 4.05. The first-order valence-electron chi connectivity index (χ1n) is 7.87. The van der Waals surface area contributed by atoms with Crippen LogP contribution in [0.1, 0.15) is 48.5 Å². The highest BCUT2D eigenvalue weighted by molar-refractivity contribution is 5.95. The molecule has 5 heteroatoms. The minimum absolute atomic E-state index is 0.0246. The summed E-state index contributed by atoms with van der Waals surface area (Å²) >= 11 is 0. The second-order valence-electron chi connectivity index (χ2n) is 6.20. The van der Waals surface area contributed by atoms with E-state index in [1.807, 2.05) is 19.1 Å². The van der Waals surface area contributed by atoms with Gasteiger partial charge in [0.25, 0.3) is 5.91 Å². The van der Waals surface area contributed by atoms with Crippen LogP contribution in [0.25, 0.3) is 0 Å². The van der Waals surface area contributed by atoms with Crippen molar-refractivity contribution in [1.82, 2.24) is 4.90 Å². The van der Waals surface area contributed by atoms with Crippen LogP contribution in [0.15, 0.2) is 18.2 Å². The second kappa shape index (κ2) is 5.99. The Labute approximate surface area is 129 Å². The van der Waals surface area contributed by atoms with Crippen molar-refractivity contribution in [1.29, 1.82) is 0 Å². The molecule has 1 amide bonds. The Morgan fingerprint density at radius 2 is 2.18 bits per heavy atom. The monoisotopic (exact) mass is 303 g/mol. The molecule has 2 atom stereocenters. The number of rotatable bonds is 3. The normalized spacial score (nSPS) is 23.8. The molecule has 0 spiro atoms. The van der Waals surface area contributed by atoms with E-state index in [0.717, 1.165) is 37.0 Å². The van der Waals surface area contributed by atoms with Crippen molar-refractivity contribution in [3.8, 4) is 5.75 Å². The predicted octanol–water partition coefficient (Wildman–Crippen LogP) is 2.48. The molecule has 5 nitrogen and oxygen atoms in total. The number of carboxylic acids is 1. The zero-order valence-corrected chi connectivity index (χ0v) is 12.7. The van der Waals surface area contributed by atoms with E-state index in [-0.39, 0.29) is 24.5 Å². The van der Waals surface area contributed by atoms with Gasteiger partial charge >= 0.3 is 5.97 Å². The van der Waals surface area contributed by atoms with Crippen LogP contribution in [0.2, 0.25) is 0 Å². The molecule has 3 rings (SSSR count). The van der Waals surface area contributed by atoms with Gasteiger partial charge < -0.3 is 14.7 Å². The van der Waals surface area contributed by atoms with E-state index in [1.165, 1.54) is 0 Å². The fourth-order valence-electron chi connectivity index (χ4n) is 3.40. The molecule has 1 N–H and O–H groups in total. The van der Waals surface area contributed by atoms with E-state index in [2.05, 4.69) is 0 Å². The average Bonchev–Trinajstić information content (AvgIpc) is 2.85. The average molecular weight is 303 g/mol. The molecule has 0 saturated carbocycles. The molecule has 22 heavy (non-hydrogen) atoms. The molecular weight excluding hydrogens is 282 g/mol. The van der Waals surface area contributed by atoms with Crippen molar-refractivity contribution < 1.29 is 19.4 Å². The van der Waals surface area contributed by atoms with E-state index in [4.69, 9.17) is 9.84 Å². The first-order chi connectivity index (χ1) is 10.5. The van der Waals surface area contributed by atoms with Gasteiger partial charge in [0.2, 0.25) is 0 Å². The summed E-state index contributed by atoms with van der Waals surface area (Å²) < 4.78 is 5.66. The number of hydrogen-bond acceptors (Lipinski definition) is 3. The number of benzene rings is 1. The quantitative estimate of drug-likeness (QED) is 0.931. The van der Waals surface area contributed by atoms with Crippen LogP contribution in [0.4, 0.5) is 0 Å². The minimum Gasteiger partial charge on any atom is -0.490 e. The smallest absolute Gasteiger partial charge is 0.305 e. The Morgan fingerprint density at radius 1 is 1.36 bits per heavy atom. The number of piperidine rings is 1. The Hall–Kier alpha value is -2.04. The number of carboxylic acid groups (broad SMARTS) is 1. The molecule has 1 aromatic rings. The summed E-state index contributed by atoms with van der Waals surface area (Å²) in [7, 11) is 0. The highest BCUT2D eigenvalue weighted by atomic mass is 16.5. The highest BCUT2D eigenvalue weighted by Crippen LogP contribution is 2.30. The van der Waals surface area contributed by atoms with Gasteiger partial charge in [0.15, 0.2) is 0 Å². The van der Waals surface area contributed by atoms with Crippen LogP contribution in [-0.4, -0.2) is 40.6 Å². The Morgan fingerprint density at radius 3 is 2.95 bits per heavy atom. The van der Waals surface area contributed by atoms with E-state index < -0.39 is 5.97 Å². The van der Waals surface area contributed by atoms with Crippen molar-refractivity contribution in [3.63, 3.8) is 0 Å². The molecule has 1 fully saturated rings. The van der Waals surface area contributed by atoms with Gasteiger partial charge in [0.05, 0.1) is 6.42 Å². The number of nitrogens with zero attached hydrogens (tertiary/aromatic N) is 1. The molecule has 0 radical (unpaired) electrons. The van der Waals surface area contributed by atoms with Gasteiger partial charge in [-0.2, -0.15) is 0 Å². The molecule has 2 unspecified atom stereocenters. The number of fused-ring (bicyclic) bond motifs is 1. The maximum atomic E-state index is 12.8. The lowest BCUT2D eigenvalue weighted by atomic mass is 9.97. The number of ether oxygens (including phenoxy) is 1. The standard InChI is InChI=1S/C17H21NO4/c1-11-8-13-9-12(5-6-15(13)22-11)17(21)18-7-3-2-4-14(18)10-16(19)20/h5-6,9,11,14H,2-4,7-8,10H2,1H3,(H,19,20). The van der Waals surface area contributed by atoms with Crippen LogP contribution in [0.5, 0.6) is 5.75 Å². The van der Waals surface area contributed by atoms with Crippen LogP contribution < -0.4 is 4.74 Å². The number of hydrogen-bond donors (Lipinski definition) is 1. The topological polar surface area (TPSA) is 66.8 Å². The van der Waals surface area contributed by atoms with Gasteiger partial charge in [-0.3, -0.25) is 9.59 Å². The van der Waals surface area contributed by atoms with Crippen molar-refractivity contribution in [2.45, 2.75) is 51.2 Å². The highest BCUT2D eigenvalue weighted by Gasteiger charge is 2.30. The number of carbonyl (C=O) groups is 2. The summed E-state index contributed by atoms with van der Waals surface area (Å²) in [4.78, 5) is 25.5. The Balaban J connectivity index is 1.80. The SMILES string of the molecule is CC1Cc2cc(C(=O)N3CCCCC3CC(=O)O)ccc2O1. The third-order valence-electron chi connectivity index (χ3n) is 4.44. The van der Waals surface area contributed by atoms with Gasteiger partial charge in [-0.05, 0) is 49.9 Å². The van der Waals surface area contributed by atoms with Gasteiger partial charge in [0.1, 0.15) is 11.9 Å². The van der Waals surface area contributed by atoms with Gasteiger partial charge in [0, 0.05) is 24.6 Å². The van der Waals surface area contributed by atoms with Gasteiger partial charge in [-0.15, -0.1) is 0 Å². The molecule has 0 aromatic heterocycles. The lowest BCUT2D eigenvalue weighted by Gasteiger charge is -2.35. The first-order valence-corrected chi connectivity index (χ1v) is 7.87. The molecule has 1 aromatic carbocycles.